The molecule has 7 heteroatoms. The van der Waals surface area contributed by atoms with Crippen LogP contribution in [0.2, 0.25) is 0 Å². The zero-order chi connectivity index (χ0) is 18.2. The molecule has 136 valence electrons. The van der Waals surface area contributed by atoms with E-state index in [-0.39, 0.29) is 12.2 Å². The summed E-state index contributed by atoms with van der Waals surface area (Å²) in [4.78, 5) is 6.74. The lowest BCUT2D eigenvalue weighted by Gasteiger charge is -2.34. The van der Waals surface area contributed by atoms with Crippen molar-refractivity contribution in [2.24, 2.45) is 0 Å². The number of rotatable bonds is 3. The molecule has 0 saturated carbocycles. The number of hydrogen-bond acceptors (Lipinski definition) is 4. The Morgan fingerprint density at radius 1 is 1.12 bits per heavy atom. The predicted molar refractivity (Wildman–Crippen MR) is 87.0 cm³/mol. The van der Waals surface area contributed by atoms with Crippen molar-refractivity contribution in [1.29, 1.82) is 0 Å². The third-order valence-corrected chi connectivity index (χ3v) is 4.22. The van der Waals surface area contributed by atoms with Crippen molar-refractivity contribution in [1.82, 2.24) is 9.88 Å². The van der Waals surface area contributed by atoms with Gasteiger partial charge in [0.2, 0.25) is 5.89 Å². The summed E-state index contributed by atoms with van der Waals surface area (Å²) in [5, 5.41) is 0. The van der Waals surface area contributed by atoms with Crippen LogP contribution in [0, 0.1) is 6.92 Å². The molecule has 25 heavy (non-hydrogen) atoms. The number of aryl methyl sites for hydroxylation is 1. The van der Waals surface area contributed by atoms with Gasteiger partial charge in [-0.1, -0.05) is 0 Å². The van der Waals surface area contributed by atoms with Gasteiger partial charge >= 0.3 is 6.18 Å². The summed E-state index contributed by atoms with van der Waals surface area (Å²) >= 11 is 0. The SMILES string of the molecule is Cc1oc(-c2ccc(C(F)(F)F)cc2)nc1CN1C[C@@H](C)O[C@@H](C)C1. The van der Waals surface area contributed by atoms with E-state index in [9.17, 15) is 13.2 Å². The maximum Gasteiger partial charge on any atom is 0.416 e. The third kappa shape index (κ3) is 4.22. The largest absolute Gasteiger partial charge is 0.441 e. The first-order valence-electron chi connectivity index (χ1n) is 8.24. The molecule has 0 aliphatic carbocycles. The van der Waals surface area contributed by atoms with Crippen molar-refractivity contribution in [3.8, 4) is 11.5 Å². The van der Waals surface area contributed by atoms with Crippen LogP contribution in [0.3, 0.4) is 0 Å². The van der Waals surface area contributed by atoms with Crippen LogP contribution in [0.15, 0.2) is 28.7 Å². The number of nitrogens with zero attached hydrogens (tertiary/aromatic N) is 2. The average Bonchev–Trinajstić information content (AvgIpc) is 2.86. The van der Waals surface area contributed by atoms with Crippen molar-refractivity contribution in [3.63, 3.8) is 0 Å². The van der Waals surface area contributed by atoms with E-state index in [0.29, 0.717) is 23.8 Å². The molecule has 4 nitrogen and oxygen atoms in total. The molecule has 1 aromatic carbocycles. The number of alkyl halides is 3. The summed E-state index contributed by atoms with van der Waals surface area (Å²) in [5.74, 6) is 1.03. The van der Waals surface area contributed by atoms with Crippen LogP contribution in [0.5, 0.6) is 0 Å². The van der Waals surface area contributed by atoms with Crippen molar-refractivity contribution in [3.05, 3.63) is 41.3 Å². The molecule has 2 atom stereocenters. The average molecular weight is 354 g/mol. The van der Waals surface area contributed by atoms with E-state index in [1.807, 2.05) is 20.8 Å². The Hall–Kier alpha value is -1.86. The summed E-state index contributed by atoms with van der Waals surface area (Å²) in [6, 6.07) is 4.85. The lowest BCUT2D eigenvalue weighted by atomic mass is 10.1. The van der Waals surface area contributed by atoms with Gasteiger partial charge in [-0.25, -0.2) is 4.98 Å². The lowest BCUT2D eigenvalue weighted by Crippen LogP contribution is -2.44. The topological polar surface area (TPSA) is 38.5 Å². The number of aromatic nitrogens is 1. The summed E-state index contributed by atoms with van der Waals surface area (Å²) < 4.78 is 49.4. The summed E-state index contributed by atoms with van der Waals surface area (Å²) in [7, 11) is 0. The fourth-order valence-corrected chi connectivity index (χ4v) is 3.13. The first kappa shape index (κ1) is 17.9. The van der Waals surface area contributed by atoms with Crippen molar-refractivity contribution in [2.75, 3.05) is 13.1 Å². The minimum atomic E-state index is -4.35. The monoisotopic (exact) mass is 354 g/mol. The maximum atomic E-state index is 12.7. The quantitative estimate of drug-likeness (QED) is 0.825. The summed E-state index contributed by atoms with van der Waals surface area (Å²) in [6.07, 6.45) is -4.03. The Labute approximate surface area is 144 Å². The molecule has 0 bridgehead atoms. The molecule has 1 aliphatic heterocycles. The Bertz CT molecular complexity index is 715. The van der Waals surface area contributed by atoms with Gasteiger partial charge in [-0.05, 0) is 45.0 Å². The Balaban J connectivity index is 1.76. The normalized spacial score (nSPS) is 22.3. The smallest absolute Gasteiger partial charge is 0.416 e. The highest BCUT2D eigenvalue weighted by molar-refractivity contribution is 5.54. The molecule has 1 aromatic heterocycles. The second-order valence-corrected chi connectivity index (χ2v) is 6.55. The fraction of sp³-hybridized carbons (Fsp3) is 0.500. The van der Waals surface area contributed by atoms with E-state index >= 15 is 0 Å². The van der Waals surface area contributed by atoms with Crippen LogP contribution in [-0.4, -0.2) is 35.2 Å². The minimum absolute atomic E-state index is 0.158. The molecular weight excluding hydrogens is 333 g/mol. The highest BCUT2D eigenvalue weighted by Crippen LogP contribution is 2.31. The van der Waals surface area contributed by atoms with E-state index in [1.54, 1.807) is 0 Å². The standard InChI is InChI=1S/C18H21F3N2O2/c1-11-8-23(9-12(2)24-11)10-16-13(3)25-17(22-16)14-4-6-15(7-5-14)18(19,20)21/h4-7,11-12H,8-10H2,1-3H3/t11-,12+. The molecule has 0 radical (unpaired) electrons. The highest BCUT2D eigenvalue weighted by Gasteiger charge is 2.30. The summed E-state index contributed by atoms with van der Waals surface area (Å²) in [6.45, 7) is 8.15. The molecule has 1 saturated heterocycles. The van der Waals surface area contributed by atoms with E-state index < -0.39 is 11.7 Å². The van der Waals surface area contributed by atoms with Crippen LogP contribution in [0.4, 0.5) is 13.2 Å². The number of hydrogen-bond donors (Lipinski definition) is 0. The second kappa shape index (κ2) is 6.80. The van der Waals surface area contributed by atoms with E-state index in [2.05, 4.69) is 9.88 Å². The van der Waals surface area contributed by atoms with Crippen molar-refractivity contribution >= 4 is 0 Å². The number of halogens is 3. The number of oxazole rings is 1. The number of benzene rings is 1. The van der Waals surface area contributed by atoms with Crippen LogP contribution in [-0.2, 0) is 17.5 Å². The first-order chi connectivity index (χ1) is 11.7. The molecule has 0 spiro atoms. The molecule has 0 amide bonds. The zero-order valence-electron chi connectivity index (χ0n) is 14.4. The van der Waals surface area contributed by atoms with E-state index in [1.165, 1.54) is 12.1 Å². The number of morpholine rings is 1. The molecular formula is C18H21F3N2O2. The van der Waals surface area contributed by atoms with Gasteiger partial charge in [0.05, 0.1) is 23.5 Å². The van der Waals surface area contributed by atoms with Gasteiger partial charge in [0.25, 0.3) is 0 Å². The van der Waals surface area contributed by atoms with Gasteiger partial charge in [-0.2, -0.15) is 13.2 Å². The molecule has 1 fully saturated rings. The van der Waals surface area contributed by atoms with E-state index in [0.717, 1.165) is 30.9 Å². The predicted octanol–water partition coefficient (Wildman–Crippen LogP) is 4.28. The van der Waals surface area contributed by atoms with Gasteiger partial charge in [0, 0.05) is 25.2 Å². The van der Waals surface area contributed by atoms with Gasteiger partial charge in [0.1, 0.15) is 5.76 Å². The van der Waals surface area contributed by atoms with E-state index in [4.69, 9.17) is 9.15 Å². The molecule has 3 rings (SSSR count). The fourth-order valence-electron chi connectivity index (χ4n) is 3.13. The first-order valence-corrected chi connectivity index (χ1v) is 8.24. The van der Waals surface area contributed by atoms with Crippen LogP contribution < -0.4 is 0 Å². The van der Waals surface area contributed by atoms with Gasteiger partial charge in [0.15, 0.2) is 0 Å². The zero-order valence-corrected chi connectivity index (χ0v) is 14.4. The molecule has 2 aromatic rings. The third-order valence-electron chi connectivity index (χ3n) is 4.22. The van der Waals surface area contributed by atoms with Crippen LogP contribution >= 0.6 is 0 Å². The van der Waals surface area contributed by atoms with Gasteiger partial charge < -0.3 is 9.15 Å². The Kier molecular flexibility index (Phi) is 4.88. The molecule has 0 unspecified atom stereocenters. The van der Waals surface area contributed by atoms with Gasteiger partial charge in [-0.3, -0.25) is 4.90 Å². The maximum absolute atomic E-state index is 12.7. The van der Waals surface area contributed by atoms with Gasteiger partial charge in [-0.15, -0.1) is 0 Å². The van der Waals surface area contributed by atoms with Crippen LogP contribution in [0.25, 0.3) is 11.5 Å². The Morgan fingerprint density at radius 2 is 1.72 bits per heavy atom. The lowest BCUT2D eigenvalue weighted by molar-refractivity contribution is -0.137. The summed E-state index contributed by atoms with van der Waals surface area (Å²) in [5.41, 5.74) is 0.651. The molecule has 1 aliphatic rings. The van der Waals surface area contributed by atoms with Crippen LogP contribution in [0.1, 0.15) is 30.9 Å². The highest BCUT2D eigenvalue weighted by atomic mass is 19.4. The Morgan fingerprint density at radius 3 is 2.28 bits per heavy atom. The second-order valence-electron chi connectivity index (χ2n) is 6.55. The van der Waals surface area contributed by atoms with Crippen molar-refractivity contribution in [2.45, 2.75) is 45.7 Å². The molecule has 2 heterocycles. The molecule has 0 N–H and O–H groups in total. The number of ether oxygens (including phenoxy) is 1. The van der Waals surface area contributed by atoms with Crippen molar-refractivity contribution < 1.29 is 22.3 Å². The minimum Gasteiger partial charge on any atom is -0.441 e.